The molecule has 1 aliphatic heterocycles. The molecule has 0 radical (unpaired) electrons. The average Bonchev–Trinajstić information content (AvgIpc) is 3.18. The van der Waals surface area contributed by atoms with Crippen molar-refractivity contribution in [2.24, 2.45) is 0 Å². The van der Waals surface area contributed by atoms with Gasteiger partial charge in [-0.3, -0.25) is 24.1 Å². The number of carbonyl (C=O) groups excluding carboxylic acids is 4. The van der Waals surface area contributed by atoms with Crippen molar-refractivity contribution in [1.29, 1.82) is 0 Å². The Hall–Kier alpha value is -4.66. The van der Waals surface area contributed by atoms with Crippen molar-refractivity contribution in [1.82, 2.24) is 10.2 Å². The zero-order valence-corrected chi connectivity index (χ0v) is 21.3. The van der Waals surface area contributed by atoms with Gasteiger partial charge >= 0.3 is 0 Å². The number of imide groups is 1. The van der Waals surface area contributed by atoms with Crippen LogP contribution in [-0.4, -0.2) is 55.8 Å². The number of carbonyl (C=O) groups is 4. The van der Waals surface area contributed by atoms with Gasteiger partial charge in [0.05, 0.1) is 36.6 Å². The second-order valence-electron chi connectivity index (χ2n) is 8.70. The number of benzene rings is 3. The Bertz CT molecular complexity index is 1330. The van der Waals surface area contributed by atoms with Gasteiger partial charge in [0, 0.05) is 19.5 Å². The molecule has 0 spiro atoms. The second kappa shape index (κ2) is 12.1. The summed E-state index contributed by atoms with van der Waals surface area (Å²) in [6.07, 6.45) is 0.970. The molecule has 0 atom stereocenters. The lowest BCUT2D eigenvalue weighted by Crippen LogP contribution is -2.31. The van der Waals surface area contributed by atoms with E-state index >= 15 is 0 Å². The van der Waals surface area contributed by atoms with Crippen molar-refractivity contribution in [2.45, 2.75) is 19.3 Å². The molecule has 1 heterocycles. The monoisotopic (exact) mass is 515 g/mol. The molecule has 0 bridgehead atoms. The fourth-order valence-electron chi connectivity index (χ4n) is 4.29. The molecule has 0 unspecified atom stereocenters. The third kappa shape index (κ3) is 5.83. The van der Waals surface area contributed by atoms with Crippen molar-refractivity contribution in [2.75, 3.05) is 32.6 Å². The first kappa shape index (κ1) is 26.4. The fraction of sp³-hybridized carbons (Fsp3) is 0.241. The van der Waals surface area contributed by atoms with Gasteiger partial charge in [0.1, 0.15) is 0 Å². The molecule has 196 valence electrons. The van der Waals surface area contributed by atoms with Crippen molar-refractivity contribution < 1.29 is 28.7 Å². The molecule has 0 saturated heterocycles. The first-order chi connectivity index (χ1) is 18.4. The highest BCUT2D eigenvalue weighted by molar-refractivity contribution is 6.21. The van der Waals surface area contributed by atoms with Gasteiger partial charge in [-0.1, -0.05) is 30.3 Å². The van der Waals surface area contributed by atoms with Crippen LogP contribution in [0.25, 0.3) is 0 Å². The number of hydrogen-bond acceptors (Lipinski definition) is 6. The van der Waals surface area contributed by atoms with Crippen molar-refractivity contribution in [3.05, 3.63) is 89.0 Å². The Kier molecular flexibility index (Phi) is 8.37. The van der Waals surface area contributed by atoms with E-state index in [4.69, 9.17) is 9.47 Å². The van der Waals surface area contributed by atoms with Crippen LogP contribution in [0.3, 0.4) is 0 Å². The van der Waals surface area contributed by atoms with E-state index in [1.807, 2.05) is 18.2 Å². The molecule has 0 saturated carbocycles. The normalized spacial score (nSPS) is 12.2. The summed E-state index contributed by atoms with van der Waals surface area (Å²) in [7, 11) is 3.14. The summed E-state index contributed by atoms with van der Waals surface area (Å²) in [5.74, 6) is -0.0668. The average molecular weight is 516 g/mol. The minimum absolute atomic E-state index is 0.0860. The largest absolute Gasteiger partial charge is 0.493 e. The first-order valence-electron chi connectivity index (χ1n) is 12.3. The summed E-state index contributed by atoms with van der Waals surface area (Å²) in [6.45, 7) is 0.523. The lowest BCUT2D eigenvalue weighted by Gasteiger charge is -2.14. The third-order valence-corrected chi connectivity index (χ3v) is 6.26. The van der Waals surface area contributed by atoms with Crippen LogP contribution in [0.4, 0.5) is 5.69 Å². The van der Waals surface area contributed by atoms with Gasteiger partial charge in [-0.25, -0.2) is 0 Å². The molecule has 3 aromatic rings. The van der Waals surface area contributed by atoms with E-state index in [1.54, 1.807) is 62.8 Å². The Balaban J connectivity index is 1.28. The smallest absolute Gasteiger partial charge is 0.261 e. The summed E-state index contributed by atoms with van der Waals surface area (Å²) in [5, 5.41) is 5.66. The van der Waals surface area contributed by atoms with Crippen LogP contribution in [-0.2, 0) is 11.2 Å². The Morgan fingerprint density at radius 3 is 2.18 bits per heavy atom. The summed E-state index contributed by atoms with van der Waals surface area (Å²) in [5.41, 5.74) is 2.47. The summed E-state index contributed by atoms with van der Waals surface area (Å²) < 4.78 is 10.6. The van der Waals surface area contributed by atoms with Crippen LogP contribution in [0.2, 0.25) is 0 Å². The van der Waals surface area contributed by atoms with E-state index in [2.05, 4.69) is 10.6 Å². The van der Waals surface area contributed by atoms with Gasteiger partial charge in [-0.2, -0.15) is 0 Å². The Morgan fingerprint density at radius 1 is 0.842 bits per heavy atom. The third-order valence-electron chi connectivity index (χ3n) is 6.26. The number of anilines is 1. The van der Waals surface area contributed by atoms with Gasteiger partial charge in [-0.15, -0.1) is 0 Å². The Morgan fingerprint density at radius 2 is 1.50 bits per heavy atom. The molecule has 1 aliphatic rings. The van der Waals surface area contributed by atoms with Gasteiger partial charge in [0.25, 0.3) is 17.7 Å². The first-order valence-corrected chi connectivity index (χ1v) is 12.3. The fourth-order valence-corrected chi connectivity index (χ4v) is 4.29. The predicted molar refractivity (Wildman–Crippen MR) is 142 cm³/mol. The van der Waals surface area contributed by atoms with Gasteiger partial charge < -0.3 is 20.1 Å². The lowest BCUT2D eigenvalue weighted by molar-refractivity contribution is -0.116. The number of hydrogen-bond donors (Lipinski definition) is 2. The Labute approximate surface area is 220 Å². The maximum Gasteiger partial charge on any atom is 0.261 e. The van der Waals surface area contributed by atoms with Crippen LogP contribution < -0.4 is 20.1 Å². The zero-order valence-electron chi connectivity index (χ0n) is 21.3. The molecule has 3 aromatic carbocycles. The highest BCUT2D eigenvalue weighted by Crippen LogP contribution is 2.27. The van der Waals surface area contributed by atoms with Gasteiger partial charge in [0.15, 0.2) is 11.5 Å². The summed E-state index contributed by atoms with van der Waals surface area (Å²) in [4.78, 5) is 51.6. The number of para-hydroxylation sites is 1. The van der Waals surface area contributed by atoms with Crippen LogP contribution in [0.5, 0.6) is 11.5 Å². The van der Waals surface area contributed by atoms with Crippen LogP contribution >= 0.6 is 0 Å². The number of methoxy groups -OCH3 is 2. The van der Waals surface area contributed by atoms with Crippen molar-refractivity contribution >= 4 is 29.3 Å². The predicted octanol–water partition coefficient (Wildman–Crippen LogP) is 3.69. The minimum atomic E-state index is -0.346. The maximum absolute atomic E-state index is 12.8. The number of fused-ring (bicyclic) bond motifs is 1. The number of amides is 4. The van der Waals surface area contributed by atoms with Crippen molar-refractivity contribution in [3.8, 4) is 11.5 Å². The number of nitrogens with one attached hydrogen (secondary N) is 2. The highest BCUT2D eigenvalue weighted by atomic mass is 16.5. The zero-order chi connectivity index (χ0) is 27.1. The molecule has 9 heteroatoms. The van der Waals surface area contributed by atoms with Gasteiger partial charge in [-0.05, 0) is 54.8 Å². The molecule has 4 amide bonds. The molecule has 0 fully saturated rings. The highest BCUT2D eigenvalue weighted by Gasteiger charge is 2.34. The SMILES string of the molecule is COc1ccc(CCNC(=O)c2ccccc2NC(=O)CCCN2C(=O)c3ccccc3C2=O)cc1OC. The molecule has 0 aliphatic carbocycles. The number of rotatable bonds is 11. The molecule has 4 rings (SSSR count). The molecule has 9 nitrogen and oxygen atoms in total. The topological polar surface area (TPSA) is 114 Å². The van der Waals surface area contributed by atoms with Crippen LogP contribution in [0.1, 0.15) is 49.5 Å². The molecular formula is C29H29N3O6. The molecular weight excluding hydrogens is 486 g/mol. The number of nitrogens with zero attached hydrogens (tertiary/aromatic N) is 1. The van der Waals surface area contributed by atoms with E-state index < -0.39 is 0 Å². The van der Waals surface area contributed by atoms with Crippen LogP contribution in [0.15, 0.2) is 66.7 Å². The quantitative estimate of drug-likeness (QED) is 0.377. The summed E-state index contributed by atoms with van der Waals surface area (Å²) in [6, 6.07) is 19.0. The molecule has 2 N–H and O–H groups in total. The summed E-state index contributed by atoms with van der Waals surface area (Å²) >= 11 is 0. The number of ether oxygens (including phenoxy) is 2. The van der Waals surface area contributed by atoms with E-state index in [0.717, 1.165) is 10.5 Å². The molecule has 38 heavy (non-hydrogen) atoms. The minimum Gasteiger partial charge on any atom is -0.493 e. The van der Waals surface area contributed by atoms with Crippen LogP contribution in [0, 0.1) is 0 Å². The maximum atomic E-state index is 12.8. The molecule has 0 aromatic heterocycles. The second-order valence-corrected chi connectivity index (χ2v) is 8.70. The van der Waals surface area contributed by atoms with E-state index in [1.165, 1.54) is 0 Å². The lowest BCUT2D eigenvalue weighted by atomic mass is 10.1. The van der Waals surface area contributed by atoms with E-state index in [0.29, 0.717) is 53.3 Å². The van der Waals surface area contributed by atoms with Crippen molar-refractivity contribution in [3.63, 3.8) is 0 Å². The van der Waals surface area contributed by atoms with E-state index in [-0.39, 0.29) is 36.6 Å². The van der Waals surface area contributed by atoms with Gasteiger partial charge in [0.2, 0.25) is 5.91 Å². The van der Waals surface area contributed by atoms with E-state index in [9.17, 15) is 19.2 Å². The standard InChI is InChI=1S/C29H29N3O6/c1-37-24-14-13-19(18-25(24)38-2)15-16-30-27(34)22-10-5-6-11-23(22)31-26(33)12-7-17-32-28(35)20-8-3-4-9-21(20)29(32)36/h3-6,8-11,13-14,18H,7,12,15-17H2,1-2H3,(H,30,34)(H,31,33).